The Morgan fingerprint density at radius 2 is 2.19 bits per heavy atom. The van der Waals surface area contributed by atoms with Crippen molar-refractivity contribution >= 4 is 15.7 Å². The number of hydrogen-bond donors (Lipinski definition) is 2. The second-order valence-electron chi connectivity index (χ2n) is 4.95. The van der Waals surface area contributed by atoms with Crippen LogP contribution in [0.1, 0.15) is 13.3 Å². The maximum atomic E-state index is 12.9. The summed E-state index contributed by atoms with van der Waals surface area (Å²) in [6.07, 6.45) is 0.908. The number of benzene rings is 1. The number of aliphatic hydroxyl groups excluding tert-OH is 1. The molecule has 1 saturated heterocycles. The van der Waals surface area contributed by atoms with Crippen molar-refractivity contribution in [2.24, 2.45) is 0 Å². The molecule has 1 fully saturated rings. The van der Waals surface area contributed by atoms with Gasteiger partial charge in [-0.2, -0.15) is 4.31 Å². The van der Waals surface area contributed by atoms with Gasteiger partial charge in [-0.1, -0.05) is 19.1 Å². The van der Waals surface area contributed by atoms with Gasteiger partial charge in [0.2, 0.25) is 10.0 Å². The summed E-state index contributed by atoms with van der Waals surface area (Å²) in [5, 5.41) is 12.5. The van der Waals surface area contributed by atoms with Crippen LogP contribution in [0.3, 0.4) is 0 Å². The van der Waals surface area contributed by atoms with Crippen molar-refractivity contribution in [1.82, 2.24) is 4.31 Å². The summed E-state index contributed by atoms with van der Waals surface area (Å²) in [6.45, 7) is 3.31. The zero-order valence-corrected chi connectivity index (χ0v) is 13.0. The fourth-order valence-corrected chi connectivity index (χ4v) is 4.08. The van der Waals surface area contributed by atoms with Crippen LogP contribution in [0.2, 0.25) is 0 Å². The lowest BCUT2D eigenvalue weighted by Gasteiger charge is -2.33. The molecule has 0 aliphatic carbocycles. The van der Waals surface area contributed by atoms with Gasteiger partial charge in [-0.15, -0.1) is 0 Å². The van der Waals surface area contributed by atoms with E-state index < -0.39 is 16.1 Å². The second-order valence-corrected chi connectivity index (χ2v) is 6.81. The third-order valence-corrected chi connectivity index (χ3v) is 5.43. The molecule has 1 aromatic carbocycles. The fraction of sp³-hybridized carbons (Fsp3) is 0.571. The molecule has 0 spiro atoms. The van der Waals surface area contributed by atoms with Gasteiger partial charge >= 0.3 is 0 Å². The molecule has 0 bridgehead atoms. The summed E-state index contributed by atoms with van der Waals surface area (Å²) in [5.41, 5.74) is 0.600. The Bertz CT molecular complexity index is 562. The van der Waals surface area contributed by atoms with Crippen molar-refractivity contribution < 1.29 is 18.3 Å². The first-order valence-corrected chi connectivity index (χ1v) is 8.58. The number of nitrogens with zero attached hydrogens (tertiary/aromatic N) is 1. The molecule has 6 nitrogen and oxygen atoms in total. The van der Waals surface area contributed by atoms with E-state index in [4.69, 9.17) is 4.74 Å². The van der Waals surface area contributed by atoms with Crippen LogP contribution in [0, 0.1) is 0 Å². The van der Waals surface area contributed by atoms with E-state index in [-0.39, 0.29) is 24.7 Å². The van der Waals surface area contributed by atoms with Crippen LogP contribution in [-0.2, 0) is 14.8 Å². The summed E-state index contributed by atoms with van der Waals surface area (Å²) in [5.74, 6) is 0. The second kappa shape index (κ2) is 7.22. The summed E-state index contributed by atoms with van der Waals surface area (Å²) in [6, 6.07) is 6.34. The Labute approximate surface area is 125 Å². The number of anilines is 1. The average molecular weight is 314 g/mol. The van der Waals surface area contributed by atoms with Crippen LogP contribution in [0.25, 0.3) is 0 Å². The molecule has 0 aromatic heterocycles. The van der Waals surface area contributed by atoms with Crippen LogP contribution in [0.5, 0.6) is 0 Å². The Hall–Kier alpha value is -1.15. The highest BCUT2D eigenvalue weighted by Crippen LogP contribution is 2.26. The maximum Gasteiger partial charge on any atom is 0.245 e. The molecule has 1 heterocycles. The van der Waals surface area contributed by atoms with Crippen LogP contribution in [0.15, 0.2) is 29.2 Å². The average Bonchev–Trinajstić information content (AvgIpc) is 2.53. The number of aliphatic hydroxyl groups is 1. The number of sulfonamides is 1. The Morgan fingerprint density at radius 1 is 1.43 bits per heavy atom. The monoisotopic (exact) mass is 314 g/mol. The minimum Gasteiger partial charge on any atom is -0.395 e. The number of para-hydroxylation sites is 1. The highest BCUT2D eigenvalue weighted by atomic mass is 32.2. The zero-order chi connectivity index (χ0) is 15.3. The molecule has 1 aliphatic heterocycles. The van der Waals surface area contributed by atoms with E-state index in [2.05, 4.69) is 5.32 Å². The van der Waals surface area contributed by atoms with Crippen LogP contribution >= 0.6 is 0 Å². The van der Waals surface area contributed by atoms with E-state index in [9.17, 15) is 13.5 Å². The van der Waals surface area contributed by atoms with Gasteiger partial charge in [-0.05, 0) is 18.6 Å². The normalized spacial score (nSPS) is 20.4. The highest BCUT2D eigenvalue weighted by molar-refractivity contribution is 7.89. The quantitative estimate of drug-likeness (QED) is 0.815. The molecule has 7 heteroatoms. The number of nitrogens with one attached hydrogen (secondary N) is 1. The van der Waals surface area contributed by atoms with Crippen LogP contribution in [0.4, 0.5) is 5.69 Å². The van der Waals surface area contributed by atoms with Gasteiger partial charge in [0.05, 0.1) is 31.5 Å². The molecule has 0 radical (unpaired) electrons. The topological polar surface area (TPSA) is 78.9 Å². The van der Waals surface area contributed by atoms with Gasteiger partial charge in [0.25, 0.3) is 0 Å². The molecule has 0 saturated carbocycles. The summed E-state index contributed by atoms with van der Waals surface area (Å²) >= 11 is 0. The molecule has 118 valence electrons. The van der Waals surface area contributed by atoms with Gasteiger partial charge in [0.15, 0.2) is 0 Å². The smallest absolute Gasteiger partial charge is 0.245 e. The van der Waals surface area contributed by atoms with Gasteiger partial charge < -0.3 is 15.2 Å². The van der Waals surface area contributed by atoms with Crippen molar-refractivity contribution in [3.63, 3.8) is 0 Å². The predicted molar refractivity (Wildman–Crippen MR) is 80.8 cm³/mol. The third kappa shape index (κ3) is 3.55. The molecule has 1 aliphatic rings. The van der Waals surface area contributed by atoms with Crippen molar-refractivity contribution in [2.75, 3.05) is 38.2 Å². The molecular formula is C14H22N2O4S. The molecule has 0 amide bonds. The van der Waals surface area contributed by atoms with E-state index >= 15 is 0 Å². The first-order chi connectivity index (χ1) is 10.1. The third-order valence-electron chi connectivity index (χ3n) is 3.42. The minimum absolute atomic E-state index is 0.223. The SMILES string of the molecule is CCCNc1ccccc1S(=O)(=O)N1CCOCC1CO. The number of rotatable bonds is 6. The summed E-state index contributed by atoms with van der Waals surface area (Å²) < 4.78 is 32.3. The first kappa shape index (κ1) is 16.2. The maximum absolute atomic E-state index is 12.9. The van der Waals surface area contributed by atoms with E-state index in [1.54, 1.807) is 24.3 Å². The standard InChI is InChI=1S/C14H22N2O4S/c1-2-7-15-13-5-3-4-6-14(13)21(18,19)16-8-9-20-11-12(16)10-17/h3-6,12,15,17H,2,7-11H2,1H3. The molecular weight excluding hydrogens is 292 g/mol. The first-order valence-electron chi connectivity index (χ1n) is 7.14. The van der Waals surface area contributed by atoms with Gasteiger partial charge in [0.1, 0.15) is 4.90 Å². The predicted octanol–water partition coefficient (Wildman–Crippen LogP) is 0.890. The molecule has 21 heavy (non-hydrogen) atoms. The number of morpholine rings is 1. The molecule has 2 rings (SSSR count). The molecule has 1 unspecified atom stereocenters. The van der Waals surface area contributed by atoms with Gasteiger partial charge in [-0.25, -0.2) is 8.42 Å². The zero-order valence-electron chi connectivity index (χ0n) is 12.2. The Kier molecular flexibility index (Phi) is 5.58. The van der Waals surface area contributed by atoms with Gasteiger partial charge in [0, 0.05) is 13.1 Å². The van der Waals surface area contributed by atoms with E-state index in [0.29, 0.717) is 18.8 Å². The number of hydrogen-bond acceptors (Lipinski definition) is 5. The van der Waals surface area contributed by atoms with Crippen LogP contribution < -0.4 is 5.32 Å². The summed E-state index contributed by atoms with van der Waals surface area (Å²) in [7, 11) is -3.65. The lowest BCUT2D eigenvalue weighted by Crippen LogP contribution is -2.50. The lowest BCUT2D eigenvalue weighted by molar-refractivity contribution is 0.0109. The molecule has 1 atom stereocenters. The summed E-state index contributed by atoms with van der Waals surface area (Å²) in [4.78, 5) is 0.249. The molecule has 1 aromatic rings. The van der Waals surface area contributed by atoms with E-state index in [0.717, 1.165) is 6.42 Å². The van der Waals surface area contributed by atoms with E-state index in [1.807, 2.05) is 6.92 Å². The Morgan fingerprint density at radius 3 is 2.90 bits per heavy atom. The van der Waals surface area contributed by atoms with E-state index in [1.165, 1.54) is 4.31 Å². The Balaban J connectivity index is 2.34. The van der Waals surface area contributed by atoms with Crippen molar-refractivity contribution in [3.8, 4) is 0 Å². The molecule has 2 N–H and O–H groups in total. The van der Waals surface area contributed by atoms with Crippen molar-refractivity contribution in [1.29, 1.82) is 0 Å². The highest BCUT2D eigenvalue weighted by Gasteiger charge is 2.34. The lowest BCUT2D eigenvalue weighted by atomic mass is 10.3. The minimum atomic E-state index is -3.65. The van der Waals surface area contributed by atoms with Crippen molar-refractivity contribution in [2.45, 2.75) is 24.3 Å². The van der Waals surface area contributed by atoms with Crippen molar-refractivity contribution in [3.05, 3.63) is 24.3 Å². The fourth-order valence-electron chi connectivity index (χ4n) is 2.32. The number of ether oxygens (including phenoxy) is 1. The van der Waals surface area contributed by atoms with Crippen LogP contribution in [-0.4, -0.2) is 56.8 Å². The van der Waals surface area contributed by atoms with Gasteiger partial charge in [-0.3, -0.25) is 0 Å². The largest absolute Gasteiger partial charge is 0.395 e.